The Bertz CT molecular complexity index is 829. The molecule has 0 spiro atoms. The molecule has 1 saturated carbocycles. The standard InChI is InChI=1S/C21H20F4O3.CH4.H2/c1-13-2-4-14(5-3-13)15-6-11-18(19(22)12-15)20(26)27-16-7-9-17(10-8-16)28-21(23,24)25;;/h6-14H,2-5H2,1H3;1H4;1H. The Labute approximate surface area is 169 Å². The summed E-state index contributed by atoms with van der Waals surface area (Å²) in [7, 11) is 0. The second-order valence-corrected chi connectivity index (χ2v) is 7.10. The minimum atomic E-state index is -4.81. The Morgan fingerprint density at radius 1 is 1.00 bits per heavy atom. The van der Waals surface area contributed by atoms with Gasteiger partial charge in [-0.25, -0.2) is 9.18 Å². The molecule has 0 aliphatic heterocycles. The van der Waals surface area contributed by atoms with Gasteiger partial charge in [0.15, 0.2) is 0 Å². The zero-order valence-electron chi connectivity index (χ0n) is 15.3. The SMILES string of the molecule is C.CC1CCC(c2ccc(C(=O)Oc3ccc(OC(F)(F)F)cc3)c(F)c2)CC1.[HH]. The summed E-state index contributed by atoms with van der Waals surface area (Å²) < 4.78 is 59.7. The average molecular weight is 414 g/mol. The topological polar surface area (TPSA) is 35.5 Å². The van der Waals surface area contributed by atoms with Crippen LogP contribution in [0.1, 0.15) is 63.3 Å². The summed E-state index contributed by atoms with van der Waals surface area (Å²) in [6, 6.07) is 8.83. The number of carbonyl (C=O) groups is 1. The Morgan fingerprint density at radius 3 is 2.14 bits per heavy atom. The summed E-state index contributed by atoms with van der Waals surface area (Å²) >= 11 is 0. The third kappa shape index (κ3) is 6.21. The van der Waals surface area contributed by atoms with Gasteiger partial charge in [0.25, 0.3) is 0 Å². The maximum Gasteiger partial charge on any atom is 0.573 e. The van der Waals surface area contributed by atoms with Gasteiger partial charge >= 0.3 is 12.3 Å². The van der Waals surface area contributed by atoms with Crippen molar-refractivity contribution in [1.82, 2.24) is 0 Å². The van der Waals surface area contributed by atoms with Gasteiger partial charge in [-0.2, -0.15) is 0 Å². The summed E-state index contributed by atoms with van der Waals surface area (Å²) in [5.74, 6) is -1.06. The summed E-state index contributed by atoms with van der Waals surface area (Å²) in [5.41, 5.74) is 0.651. The molecule has 0 aromatic heterocycles. The van der Waals surface area contributed by atoms with Crippen LogP contribution in [0, 0.1) is 11.7 Å². The molecule has 0 amide bonds. The van der Waals surface area contributed by atoms with E-state index in [9.17, 15) is 22.4 Å². The van der Waals surface area contributed by atoms with Gasteiger partial charge in [0, 0.05) is 1.43 Å². The lowest BCUT2D eigenvalue weighted by Crippen LogP contribution is -2.17. The molecule has 0 radical (unpaired) electrons. The van der Waals surface area contributed by atoms with Crippen LogP contribution in [-0.4, -0.2) is 12.3 Å². The van der Waals surface area contributed by atoms with E-state index in [0.717, 1.165) is 55.5 Å². The van der Waals surface area contributed by atoms with Gasteiger partial charge in [-0.1, -0.05) is 33.3 Å². The fourth-order valence-electron chi connectivity index (χ4n) is 3.42. The van der Waals surface area contributed by atoms with Gasteiger partial charge < -0.3 is 9.47 Å². The number of hydrogen-bond donors (Lipinski definition) is 0. The first-order chi connectivity index (χ1) is 13.2. The van der Waals surface area contributed by atoms with Crippen molar-refractivity contribution in [2.45, 2.75) is 52.3 Å². The van der Waals surface area contributed by atoms with E-state index in [4.69, 9.17) is 4.74 Å². The first-order valence-electron chi connectivity index (χ1n) is 9.08. The lowest BCUT2D eigenvalue weighted by Gasteiger charge is -2.26. The van der Waals surface area contributed by atoms with Crippen molar-refractivity contribution in [3.63, 3.8) is 0 Å². The number of hydrogen-bond acceptors (Lipinski definition) is 3. The van der Waals surface area contributed by atoms with Crippen molar-refractivity contribution in [3.8, 4) is 11.5 Å². The maximum atomic E-state index is 14.4. The molecule has 29 heavy (non-hydrogen) atoms. The summed E-state index contributed by atoms with van der Waals surface area (Å²) in [4.78, 5) is 12.2. The highest BCUT2D eigenvalue weighted by atomic mass is 19.4. The zero-order valence-corrected chi connectivity index (χ0v) is 15.3. The fourth-order valence-corrected chi connectivity index (χ4v) is 3.42. The van der Waals surface area contributed by atoms with E-state index >= 15 is 0 Å². The quantitative estimate of drug-likeness (QED) is 0.304. The summed E-state index contributed by atoms with van der Waals surface area (Å²) in [6.07, 6.45) is -0.610. The predicted molar refractivity (Wildman–Crippen MR) is 104 cm³/mol. The number of alkyl halides is 3. The molecule has 0 unspecified atom stereocenters. The second-order valence-electron chi connectivity index (χ2n) is 7.10. The third-order valence-corrected chi connectivity index (χ3v) is 4.97. The highest BCUT2D eigenvalue weighted by Crippen LogP contribution is 2.36. The molecule has 0 saturated heterocycles. The first kappa shape index (κ1) is 22.7. The summed E-state index contributed by atoms with van der Waals surface area (Å²) in [6.45, 7) is 2.21. The molecule has 0 N–H and O–H groups in total. The molecule has 2 aromatic carbocycles. The van der Waals surface area contributed by atoms with E-state index in [1.54, 1.807) is 6.07 Å². The number of esters is 1. The van der Waals surface area contributed by atoms with Crippen molar-refractivity contribution >= 4 is 5.97 Å². The van der Waals surface area contributed by atoms with Crippen LogP contribution >= 0.6 is 0 Å². The van der Waals surface area contributed by atoms with Crippen molar-refractivity contribution in [3.05, 3.63) is 59.4 Å². The van der Waals surface area contributed by atoms with Gasteiger partial charge in [-0.05, 0) is 66.6 Å². The minimum Gasteiger partial charge on any atom is -0.423 e. The van der Waals surface area contributed by atoms with Crippen LogP contribution in [0.4, 0.5) is 17.6 Å². The van der Waals surface area contributed by atoms with Crippen LogP contribution in [0.2, 0.25) is 0 Å². The normalized spacial score (nSPS) is 19.2. The second kappa shape index (κ2) is 9.29. The Morgan fingerprint density at radius 2 is 1.59 bits per heavy atom. The monoisotopic (exact) mass is 414 g/mol. The molecule has 1 aliphatic rings. The van der Waals surface area contributed by atoms with Gasteiger partial charge in [0.2, 0.25) is 0 Å². The molecule has 1 aliphatic carbocycles. The van der Waals surface area contributed by atoms with E-state index in [1.807, 2.05) is 0 Å². The smallest absolute Gasteiger partial charge is 0.423 e. The van der Waals surface area contributed by atoms with E-state index in [0.29, 0.717) is 5.92 Å². The van der Waals surface area contributed by atoms with Crippen molar-refractivity contribution in [1.29, 1.82) is 0 Å². The van der Waals surface area contributed by atoms with E-state index in [1.165, 1.54) is 12.1 Å². The molecular weight excluding hydrogens is 388 g/mol. The van der Waals surface area contributed by atoms with Gasteiger partial charge in [-0.15, -0.1) is 13.2 Å². The highest BCUT2D eigenvalue weighted by Gasteiger charge is 2.31. The van der Waals surface area contributed by atoms with Gasteiger partial charge in [-0.3, -0.25) is 0 Å². The fraction of sp³-hybridized carbons (Fsp3) is 0.409. The lowest BCUT2D eigenvalue weighted by atomic mass is 9.79. The van der Waals surface area contributed by atoms with Gasteiger partial charge in [0.05, 0.1) is 5.56 Å². The lowest BCUT2D eigenvalue weighted by molar-refractivity contribution is -0.274. The summed E-state index contributed by atoms with van der Waals surface area (Å²) in [5, 5.41) is 0. The molecule has 3 rings (SSSR count). The zero-order chi connectivity index (χ0) is 20.3. The van der Waals surface area contributed by atoms with Crippen molar-refractivity contribution < 1.29 is 33.3 Å². The highest BCUT2D eigenvalue weighted by molar-refractivity contribution is 5.91. The largest absolute Gasteiger partial charge is 0.573 e. The molecular formula is C22H26F4O3. The van der Waals surface area contributed by atoms with E-state index in [2.05, 4.69) is 11.7 Å². The molecule has 0 heterocycles. The molecule has 7 heteroatoms. The third-order valence-electron chi connectivity index (χ3n) is 4.97. The number of halogens is 4. The minimum absolute atomic E-state index is 0. The molecule has 160 valence electrons. The van der Waals surface area contributed by atoms with Gasteiger partial charge in [0.1, 0.15) is 17.3 Å². The Hall–Kier alpha value is -2.57. The maximum absolute atomic E-state index is 14.4. The molecule has 0 bridgehead atoms. The number of carbonyl (C=O) groups excluding carboxylic acids is 1. The number of benzene rings is 2. The molecule has 1 fully saturated rings. The van der Waals surface area contributed by atoms with E-state index in [-0.39, 0.29) is 26.1 Å². The van der Waals surface area contributed by atoms with Crippen LogP contribution in [0.5, 0.6) is 11.5 Å². The predicted octanol–water partition coefficient (Wildman–Crippen LogP) is 7.12. The van der Waals surface area contributed by atoms with Crippen LogP contribution in [0.15, 0.2) is 42.5 Å². The van der Waals surface area contributed by atoms with Crippen LogP contribution in [0.3, 0.4) is 0 Å². The molecule has 0 atom stereocenters. The first-order valence-corrected chi connectivity index (χ1v) is 9.08. The Kier molecular flexibility index (Phi) is 7.27. The van der Waals surface area contributed by atoms with Crippen molar-refractivity contribution in [2.24, 2.45) is 5.92 Å². The number of rotatable bonds is 4. The van der Waals surface area contributed by atoms with E-state index < -0.39 is 23.9 Å². The van der Waals surface area contributed by atoms with Crippen LogP contribution in [-0.2, 0) is 0 Å². The molecule has 3 nitrogen and oxygen atoms in total. The van der Waals surface area contributed by atoms with Crippen molar-refractivity contribution in [2.75, 3.05) is 0 Å². The average Bonchev–Trinajstić information content (AvgIpc) is 2.62. The molecule has 2 aromatic rings. The Balaban J connectivity index is 0.00000225. The number of ether oxygens (including phenoxy) is 2. The van der Waals surface area contributed by atoms with Crippen LogP contribution < -0.4 is 9.47 Å². The van der Waals surface area contributed by atoms with Crippen LogP contribution in [0.25, 0.3) is 0 Å².